The normalized spacial score (nSPS) is 15.3. The molecule has 1 atom stereocenters. The molecule has 0 aliphatic heterocycles. The van der Waals surface area contributed by atoms with E-state index in [9.17, 15) is 0 Å². The van der Waals surface area contributed by atoms with Gasteiger partial charge in [-0.25, -0.2) is 4.98 Å². The fourth-order valence-electron chi connectivity index (χ4n) is 2.39. The summed E-state index contributed by atoms with van der Waals surface area (Å²) < 4.78 is 2.13. The van der Waals surface area contributed by atoms with Gasteiger partial charge in [-0.15, -0.1) is 11.3 Å². The second kappa shape index (κ2) is 6.27. The number of hydrogen-bond donors (Lipinski definition) is 1. The van der Waals surface area contributed by atoms with Crippen LogP contribution in [-0.4, -0.2) is 22.5 Å². The van der Waals surface area contributed by atoms with Crippen LogP contribution in [0.1, 0.15) is 40.3 Å². The summed E-state index contributed by atoms with van der Waals surface area (Å²) in [4.78, 5) is 5.84. The molecule has 0 aliphatic rings. The zero-order chi connectivity index (χ0) is 14.8. The van der Waals surface area contributed by atoms with E-state index in [0.29, 0.717) is 11.8 Å². The Balaban J connectivity index is 2.05. The Bertz CT molecular complexity index is 512. The van der Waals surface area contributed by atoms with Gasteiger partial charge in [-0.2, -0.15) is 0 Å². The minimum absolute atomic E-state index is 0.249. The number of fused-ring (bicyclic) bond motifs is 1. The molecular formula is C16H27N3S. The van der Waals surface area contributed by atoms with Crippen LogP contribution in [0.25, 0.3) is 4.96 Å². The first-order valence-corrected chi connectivity index (χ1v) is 8.40. The second-order valence-electron chi connectivity index (χ2n) is 6.84. The van der Waals surface area contributed by atoms with Gasteiger partial charge in [-0.05, 0) is 30.2 Å². The van der Waals surface area contributed by atoms with Gasteiger partial charge in [-0.1, -0.05) is 34.6 Å². The fourth-order valence-corrected chi connectivity index (χ4v) is 3.11. The molecule has 0 radical (unpaired) electrons. The maximum atomic E-state index is 4.74. The zero-order valence-electron chi connectivity index (χ0n) is 13.3. The molecule has 0 spiro atoms. The first-order chi connectivity index (χ1) is 9.40. The Hall–Kier alpha value is -0.870. The number of thiazole rings is 1. The number of imidazole rings is 1. The van der Waals surface area contributed by atoms with Gasteiger partial charge in [0.1, 0.15) is 0 Å². The predicted octanol–water partition coefficient (Wildman–Crippen LogP) is 3.85. The number of aromatic nitrogens is 2. The maximum absolute atomic E-state index is 4.74. The van der Waals surface area contributed by atoms with Crippen molar-refractivity contribution >= 4 is 16.3 Å². The average molecular weight is 293 g/mol. The van der Waals surface area contributed by atoms with Gasteiger partial charge in [0.15, 0.2) is 4.96 Å². The summed E-state index contributed by atoms with van der Waals surface area (Å²) in [5.41, 5.74) is 1.46. The number of nitrogens with zero attached hydrogens (tertiary/aromatic N) is 2. The van der Waals surface area contributed by atoms with Crippen LogP contribution in [0, 0.1) is 17.3 Å². The van der Waals surface area contributed by atoms with Crippen LogP contribution in [0.4, 0.5) is 0 Å². The molecule has 3 nitrogen and oxygen atoms in total. The lowest BCUT2D eigenvalue weighted by molar-refractivity contribution is 0.203. The van der Waals surface area contributed by atoms with E-state index >= 15 is 0 Å². The Morgan fingerprint density at radius 3 is 2.70 bits per heavy atom. The standard InChI is InChI=1S/C16H27N3S/c1-12(2)9-17-11-16(5,13(3)4)8-14-10-19-6-7-20-15(19)18-14/h6-7,10,12-13,17H,8-9,11H2,1-5H3. The first-order valence-electron chi connectivity index (χ1n) is 7.52. The smallest absolute Gasteiger partial charge is 0.193 e. The number of rotatable bonds is 7. The van der Waals surface area contributed by atoms with E-state index in [4.69, 9.17) is 4.98 Å². The third-order valence-corrected chi connectivity index (χ3v) is 4.97. The highest BCUT2D eigenvalue weighted by atomic mass is 32.1. The molecule has 2 rings (SSSR count). The molecular weight excluding hydrogens is 266 g/mol. The third-order valence-electron chi connectivity index (χ3n) is 4.20. The van der Waals surface area contributed by atoms with E-state index in [1.54, 1.807) is 11.3 Å². The topological polar surface area (TPSA) is 29.3 Å². The molecule has 1 unspecified atom stereocenters. The molecule has 2 heterocycles. The van der Waals surface area contributed by atoms with E-state index in [0.717, 1.165) is 24.5 Å². The number of nitrogens with one attached hydrogen (secondary N) is 1. The van der Waals surface area contributed by atoms with E-state index < -0.39 is 0 Å². The summed E-state index contributed by atoms with van der Waals surface area (Å²) in [5, 5.41) is 5.70. The van der Waals surface area contributed by atoms with Crippen molar-refractivity contribution in [2.45, 2.75) is 41.0 Å². The van der Waals surface area contributed by atoms with Crippen LogP contribution in [0.15, 0.2) is 17.8 Å². The molecule has 1 N–H and O–H groups in total. The van der Waals surface area contributed by atoms with Crippen LogP contribution in [0.3, 0.4) is 0 Å². The van der Waals surface area contributed by atoms with Gasteiger partial charge in [0.05, 0.1) is 5.69 Å². The predicted molar refractivity (Wildman–Crippen MR) is 87.4 cm³/mol. The van der Waals surface area contributed by atoms with Crippen molar-refractivity contribution in [3.63, 3.8) is 0 Å². The molecule has 2 aromatic rings. The van der Waals surface area contributed by atoms with E-state index in [1.165, 1.54) is 5.69 Å². The van der Waals surface area contributed by atoms with Gasteiger partial charge >= 0.3 is 0 Å². The van der Waals surface area contributed by atoms with Crippen molar-refractivity contribution in [1.29, 1.82) is 0 Å². The molecule has 4 heteroatoms. The Labute approximate surface area is 126 Å². The largest absolute Gasteiger partial charge is 0.316 e. The minimum atomic E-state index is 0.249. The molecule has 20 heavy (non-hydrogen) atoms. The van der Waals surface area contributed by atoms with Crippen LogP contribution in [0.2, 0.25) is 0 Å². The van der Waals surface area contributed by atoms with Crippen molar-refractivity contribution < 1.29 is 0 Å². The molecule has 0 saturated carbocycles. The molecule has 0 saturated heterocycles. The monoisotopic (exact) mass is 293 g/mol. The molecule has 0 amide bonds. The summed E-state index contributed by atoms with van der Waals surface area (Å²) in [7, 11) is 0. The van der Waals surface area contributed by atoms with Crippen molar-refractivity contribution in [1.82, 2.24) is 14.7 Å². The summed E-state index contributed by atoms with van der Waals surface area (Å²) >= 11 is 1.70. The summed E-state index contributed by atoms with van der Waals surface area (Å²) in [6, 6.07) is 0. The highest BCUT2D eigenvalue weighted by Gasteiger charge is 2.29. The van der Waals surface area contributed by atoms with Gasteiger partial charge in [0.2, 0.25) is 0 Å². The number of hydrogen-bond acceptors (Lipinski definition) is 3. The SMILES string of the molecule is CC(C)CNCC(C)(Cc1cn2ccsc2n1)C(C)C. The third kappa shape index (κ3) is 3.61. The summed E-state index contributed by atoms with van der Waals surface area (Å²) in [6.45, 7) is 13.6. The Morgan fingerprint density at radius 1 is 1.35 bits per heavy atom. The lowest BCUT2D eigenvalue weighted by Crippen LogP contribution is -2.39. The van der Waals surface area contributed by atoms with E-state index in [2.05, 4.69) is 62.1 Å². The summed E-state index contributed by atoms with van der Waals surface area (Å²) in [6.07, 6.45) is 5.29. The second-order valence-corrected chi connectivity index (χ2v) is 7.71. The van der Waals surface area contributed by atoms with Crippen LogP contribution in [0.5, 0.6) is 0 Å². The molecule has 0 bridgehead atoms. The average Bonchev–Trinajstić information content (AvgIpc) is 2.88. The molecule has 2 aromatic heterocycles. The quantitative estimate of drug-likeness (QED) is 0.840. The van der Waals surface area contributed by atoms with Crippen molar-refractivity contribution in [2.24, 2.45) is 17.3 Å². The zero-order valence-corrected chi connectivity index (χ0v) is 14.1. The van der Waals surface area contributed by atoms with Crippen LogP contribution >= 0.6 is 11.3 Å². The van der Waals surface area contributed by atoms with Crippen LogP contribution < -0.4 is 5.32 Å². The van der Waals surface area contributed by atoms with Crippen molar-refractivity contribution in [3.8, 4) is 0 Å². The lowest BCUT2D eigenvalue weighted by Gasteiger charge is -2.34. The molecule has 0 fully saturated rings. The van der Waals surface area contributed by atoms with Gasteiger partial charge in [-0.3, -0.25) is 4.40 Å². The van der Waals surface area contributed by atoms with E-state index in [-0.39, 0.29) is 5.41 Å². The van der Waals surface area contributed by atoms with Crippen molar-refractivity contribution in [2.75, 3.05) is 13.1 Å². The lowest BCUT2D eigenvalue weighted by atomic mass is 9.75. The van der Waals surface area contributed by atoms with E-state index in [1.807, 2.05) is 0 Å². The maximum Gasteiger partial charge on any atom is 0.193 e. The molecule has 112 valence electrons. The van der Waals surface area contributed by atoms with Crippen LogP contribution in [-0.2, 0) is 6.42 Å². The Morgan fingerprint density at radius 2 is 2.10 bits per heavy atom. The minimum Gasteiger partial charge on any atom is -0.316 e. The van der Waals surface area contributed by atoms with Gasteiger partial charge in [0.25, 0.3) is 0 Å². The summed E-state index contributed by atoms with van der Waals surface area (Å²) in [5.74, 6) is 1.33. The highest BCUT2D eigenvalue weighted by Crippen LogP contribution is 2.31. The fraction of sp³-hybridized carbons (Fsp3) is 0.688. The first kappa shape index (κ1) is 15.5. The highest BCUT2D eigenvalue weighted by molar-refractivity contribution is 7.15. The van der Waals surface area contributed by atoms with Crippen molar-refractivity contribution in [3.05, 3.63) is 23.5 Å². The Kier molecular flexibility index (Phi) is 4.86. The van der Waals surface area contributed by atoms with Gasteiger partial charge < -0.3 is 5.32 Å². The molecule has 0 aliphatic carbocycles. The van der Waals surface area contributed by atoms with Gasteiger partial charge in [0, 0.05) is 24.3 Å². The molecule has 0 aromatic carbocycles.